The number of nitrogens with zero attached hydrogens (tertiary/aromatic N) is 3. The number of carbonyl (C=O) groups excluding carboxylic acids is 3. The molecule has 3 rings (SSSR count). The standard InChI is InChI=1S/C20H27N3O3/c1-15-5-3-4-6-18(15)20(26)23-13-11-22(12-14-23)19(25)17-7-9-21(10-8-17)16(2)24/h3-6,17H,7-14H2,1-2H3. The summed E-state index contributed by atoms with van der Waals surface area (Å²) in [6.45, 7) is 7.17. The van der Waals surface area contributed by atoms with Crippen molar-refractivity contribution in [2.45, 2.75) is 26.7 Å². The van der Waals surface area contributed by atoms with Crippen molar-refractivity contribution in [3.63, 3.8) is 0 Å². The molecular formula is C20H27N3O3. The summed E-state index contributed by atoms with van der Waals surface area (Å²) < 4.78 is 0. The monoisotopic (exact) mass is 357 g/mol. The molecule has 0 spiro atoms. The fourth-order valence-corrected chi connectivity index (χ4v) is 3.81. The lowest BCUT2D eigenvalue weighted by Crippen LogP contribution is -2.53. The van der Waals surface area contributed by atoms with Gasteiger partial charge in [-0.15, -0.1) is 0 Å². The summed E-state index contributed by atoms with van der Waals surface area (Å²) in [7, 11) is 0. The van der Waals surface area contributed by atoms with Crippen LogP contribution < -0.4 is 0 Å². The molecule has 26 heavy (non-hydrogen) atoms. The Morgan fingerprint density at radius 3 is 2.00 bits per heavy atom. The van der Waals surface area contributed by atoms with Gasteiger partial charge in [-0.3, -0.25) is 14.4 Å². The minimum atomic E-state index is 0.00391. The molecule has 140 valence electrons. The number of carbonyl (C=O) groups is 3. The fraction of sp³-hybridized carbons (Fsp3) is 0.550. The summed E-state index contributed by atoms with van der Waals surface area (Å²) in [4.78, 5) is 42.4. The molecule has 1 aromatic rings. The van der Waals surface area contributed by atoms with E-state index in [1.807, 2.05) is 45.9 Å². The normalized spacial score (nSPS) is 18.8. The highest BCUT2D eigenvalue weighted by Crippen LogP contribution is 2.21. The average molecular weight is 357 g/mol. The Morgan fingerprint density at radius 2 is 1.42 bits per heavy atom. The van der Waals surface area contributed by atoms with E-state index in [2.05, 4.69) is 0 Å². The Balaban J connectivity index is 1.52. The van der Waals surface area contributed by atoms with Crippen LogP contribution in [0, 0.1) is 12.8 Å². The lowest BCUT2D eigenvalue weighted by Gasteiger charge is -2.38. The number of piperidine rings is 1. The molecule has 2 aliphatic rings. The van der Waals surface area contributed by atoms with Crippen molar-refractivity contribution in [3.05, 3.63) is 35.4 Å². The minimum absolute atomic E-state index is 0.00391. The third-order valence-electron chi connectivity index (χ3n) is 5.54. The maximum atomic E-state index is 12.7. The van der Waals surface area contributed by atoms with Crippen molar-refractivity contribution in [2.24, 2.45) is 5.92 Å². The molecule has 0 N–H and O–H groups in total. The number of hydrogen-bond donors (Lipinski definition) is 0. The average Bonchev–Trinajstić information content (AvgIpc) is 2.67. The first kappa shape index (κ1) is 18.4. The van der Waals surface area contributed by atoms with Crippen LogP contribution in [0.25, 0.3) is 0 Å². The Bertz CT molecular complexity index is 687. The SMILES string of the molecule is CC(=O)N1CCC(C(=O)N2CCN(C(=O)c3ccccc3C)CC2)CC1. The van der Waals surface area contributed by atoms with Gasteiger partial charge in [0.25, 0.3) is 5.91 Å². The van der Waals surface area contributed by atoms with Crippen molar-refractivity contribution in [2.75, 3.05) is 39.3 Å². The molecule has 0 saturated carbocycles. The second kappa shape index (κ2) is 7.89. The smallest absolute Gasteiger partial charge is 0.254 e. The predicted octanol–water partition coefficient (Wildman–Crippen LogP) is 1.54. The first-order valence-corrected chi connectivity index (χ1v) is 9.36. The van der Waals surface area contributed by atoms with Crippen LogP contribution in [0.1, 0.15) is 35.7 Å². The number of benzene rings is 1. The van der Waals surface area contributed by atoms with Crippen molar-refractivity contribution in [3.8, 4) is 0 Å². The summed E-state index contributed by atoms with van der Waals surface area (Å²) in [5.74, 6) is 0.310. The van der Waals surface area contributed by atoms with Crippen molar-refractivity contribution >= 4 is 17.7 Å². The maximum Gasteiger partial charge on any atom is 0.254 e. The lowest BCUT2D eigenvalue weighted by atomic mass is 9.95. The number of hydrogen-bond acceptors (Lipinski definition) is 3. The Morgan fingerprint density at radius 1 is 0.846 bits per heavy atom. The van der Waals surface area contributed by atoms with E-state index in [0.29, 0.717) is 39.3 Å². The number of aryl methyl sites for hydroxylation is 1. The van der Waals surface area contributed by atoms with E-state index in [-0.39, 0.29) is 23.6 Å². The summed E-state index contributed by atoms with van der Waals surface area (Å²) in [6, 6.07) is 7.62. The zero-order chi connectivity index (χ0) is 18.7. The molecule has 6 nitrogen and oxygen atoms in total. The topological polar surface area (TPSA) is 60.9 Å². The maximum absolute atomic E-state index is 12.7. The number of rotatable bonds is 2. The highest BCUT2D eigenvalue weighted by atomic mass is 16.2. The van der Waals surface area contributed by atoms with E-state index in [9.17, 15) is 14.4 Å². The molecule has 0 unspecified atom stereocenters. The second-order valence-corrected chi connectivity index (χ2v) is 7.21. The van der Waals surface area contributed by atoms with Gasteiger partial charge in [0, 0.05) is 57.7 Å². The zero-order valence-electron chi connectivity index (χ0n) is 15.6. The van der Waals surface area contributed by atoms with Gasteiger partial charge in [0.15, 0.2) is 0 Å². The molecule has 2 fully saturated rings. The van der Waals surface area contributed by atoms with E-state index < -0.39 is 0 Å². The Hall–Kier alpha value is -2.37. The van der Waals surface area contributed by atoms with Crippen molar-refractivity contribution in [1.29, 1.82) is 0 Å². The zero-order valence-corrected chi connectivity index (χ0v) is 15.6. The van der Waals surface area contributed by atoms with E-state index in [1.165, 1.54) is 0 Å². The number of likely N-dealkylation sites (tertiary alicyclic amines) is 1. The molecule has 0 bridgehead atoms. The van der Waals surface area contributed by atoms with Crippen LogP contribution in [0.2, 0.25) is 0 Å². The molecule has 2 aliphatic heterocycles. The lowest BCUT2D eigenvalue weighted by molar-refractivity contribution is -0.141. The predicted molar refractivity (Wildman–Crippen MR) is 98.6 cm³/mol. The summed E-state index contributed by atoms with van der Waals surface area (Å²) >= 11 is 0. The highest BCUT2D eigenvalue weighted by molar-refractivity contribution is 5.95. The minimum Gasteiger partial charge on any atom is -0.343 e. The number of piperazine rings is 1. The molecule has 0 radical (unpaired) electrons. The fourth-order valence-electron chi connectivity index (χ4n) is 3.81. The van der Waals surface area contributed by atoms with Gasteiger partial charge >= 0.3 is 0 Å². The first-order chi connectivity index (χ1) is 12.5. The van der Waals surface area contributed by atoms with Crippen molar-refractivity contribution < 1.29 is 14.4 Å². The van der Waals surface area contributed by atoms with Crippen LogP contribution in [0.5, 0.6) is 0 Å². The quantitative estimate of drug-likeness (QED) is 0.807. The van der Waals surface area contributed by atoms with Gasteiger partial charge < -0.3 is 14.7 Å². The Labute approximate surface area is 154 Å². The van der Waals surface area contributed by atoms with E-state index in [0.717, 1.165) is 24.0 Å². The van der Waals surface area contributed by atoms with Crippen molar-refractivity contribution in [1.82, 2.24) is 14.7 Å². The third-order valence-corrected chi connectivity index (χ3v) is 5.54. The van der Waals surface area contributed by atoms with Crippen LogP contribution in [0.15, 0.2) is 24.3 Å². The van der Waals surface area contributed by atoms with Gasteiger partial charge in [0.1, 0.15) is 0 Å². The number of amides is 3. The molecule has 2 heterocycles. The molecular weight excluding hydrogens is 330 g/mol. The van der Waals surface area contributed by atoms with Gasteiger partial charge in [-0.05, 0) is 31.4 Å². The summed E-state index contributed by atoms with van der Waals surface area (Å²) in [6.07, 6.45) is 1.47. The van der Waals surface area contributed by atoms with E-state index in [4.69, 9.17) is 0 Å². The van der Waals surface area contributed by atoms with E-state index in [1.54, 1.807) is 6.92 Å². The van der Waals surface area contributed by atoms with E-state index >= 15 is 0 Å². The van der Waals surface area contributed by atoms with Gasteiger partial charge in [-0.2, -0.15) is 0 Å². The molecule has 0 aliphatic carbocycles. The third kappa shape index (κ3) is 3.89. The summed E-state index contributed by atoms with van der Waals surface area (Å²) in [5.41, 5.74) is 1.72. The van der Waals surface area contributed by atoms with Crippen LogP contribution in [0.3, 0.4) is 0 Å². The molecule has 1 aromatic carbocycles. The summed E-state index contributed by atoms with van der Waals surface area (Å²) in [5, 5.41) is 0. The van der Waals surface area contributed by atoms with Crippen LogP contribution in [-0.4, -0.2) is 71.7 Å². The van der Waals surface area contributed by atoms with Crippen LogP contribution in [0.4, 0.5) is 0 Å². The Kier molecular flexibility index (Phi) is 5.59. The first-order valence-electron chi connectivity index (χ1n) is 9.36. The highest BCUT2D eigenvalue weighted by Gasteiger charge is 2.32. The molecule has 3 amide bonds. The van der Waals surface area contributed by atoms with Crippen LogP contribution >= 0.6 is 0 Å². The van der Waals surface area contributed by atoms with Crippen LogP contribution in [-0.2, 0) is 9.59 Å². The molecule has 2 saturated heterocycles. The van der Waals surface area contributed by atoms with Gasteiger partial charge in [0.2, 0.25) is 11.8 Å². The second-order valence-electron chi connectivity index (χ2n) is 7.21. The molecule has 6 heteroatoms. The molecule has 0 aromatic heterocycles. The molecule has 0 atom stereocenters. The largest absolute Gasteiger partial charge is 0.343 e. The van der Waals surface area contributed by atoms with Gasteiger partial charge in [-0.1, -0.05) is 18.2 Å². The van der Waals surface area contributed by atoms with Gasteiger partial charge in [0.05, 0.1) is 0 Å². The van der Waals surface area contributed by atoms with Gasteiger partial charge in [-0.25, -0.2) is 0 Å².